The van der Waals surface area contributed by atoms with Gasteiger partial charge in [0.2, 0.25) is 0 Å². The first-order chi connectivity index (χ1) is 8.19. The number of nitriles is 1. The maximum atomic E-state index is 9.08. The van der Waals surface area contributed by atoms with Crippen molar-refractivity contribution in [3.05, 3.63) is 46.8 Å². The predicted octanol–water partition coefficient (Wildman–Crippen LogP) is 2.92. The first-order valence-electron chi connectivity index (χ1n) is 5.73. The molecule has 0 amide bonds. The van der Waals surface area contributed by atoms with Gasteiger partial charge >= 0.3 is 0 Å². The van der Waals surface area contributed by atoms with Gasteiger partial charge in [-0.05, 0) is 31.9 Å². The average Bonchev–Trinajstić information content (AvgIpc) is 2.64. The Hall–Kier alpha value is -2.08. The smallest absolute Gasteiger partial charge is 0.103 e. The van der Waals surface area contributed by atoms with Crippen LogP contribution in [0.3, 0.4) is 0 Å². The van der Waals surface area contributed by atoms with E-state index in [9.17, 15) is 0 Å². The second-order valence-electron chi connectivity index (χ2n) is 4.05. The van der Waals surface area contributed by atoms with Crippen LogP contribution in [-0.2, 0) is 6.42 Å². The Balaban J connectivity index is 2.66. The van der Waals surface area contributed by atoms with Gasteiger partial charge in [0.1, 0.15) is 6.07 Å². The van der Waals surface area contributed by atoms with Crippen LogP contribution in [0.5, 0.6) is 0 Å². The molecule has 0 atom stereocenters. The highest BCUT2D eigenvalue weighted by atomic mass is 15.3. The fraction of sp³-hybridized carbons (Fsp3) is 0.286. The Morgan fingerprint density at radius 3 is 2.59 bits per heavy atom. The molecule has 0 aliphatic carbocycles. The summed E-state index contributed by atoms with van der Waals surface area (Å²) in [6, 6.07) is 10.4. The fourth-order valence-corrected chi connectivity index (χ4v) is 2.06. The third kappa shape index (κ3) is 1.83. The molecule has 3 heteroatoms. The molecule has 0 aliphatic heterocycles. The summed E-state index contributed by atoms with van der Waals surface area (Å²) >= 11 is 0. The van der Waals surface area contributed by atoms with Crippen LogP contribution < -0.4 is 0 Å². The van der Waals surface area contributed by atoms with Crippen molar-refractivity contribution in [3.8, 4) is 11.8 Å². The largest absolute Gasteiger partial charge is 0.236 e. The van der Waals surface area contributed by atoms with Crippen LogP contribution in [0.4, 0.5) is 0 Å². The average molecular weight is 225 g/mol. The Bertz CT molecular complexity index is 588. The molecule has 0 bridgehead atoms. The predicted molar refractivity (Wildman–Crippen MR) is 67.1 cm³/mol. The van der Waals surface area contributed by atoms with Crippen LogP contribution in [0.2, 0.25) is 0 Å². The number of rotatable bonds is 2. The lowest BCUT2D eigenvalue weighted by Gasteiger charge is -2.09. The van der Waals surface area contributed by atoms with E-state index in [0.29, 0.717) is 5.56 Å². The summed E-state index contributed by atoms with van der Waals surface area (Å²) in [5.74, 6) is 0. The van der Waals surface area contributed by atoms with Crippen LogP contribution >= 0.6 is 0 Å². The van der Waals surface area contributed by atoms with Crippen molar-refractivity contribution >= 4 is 0 Å². The summed E-state index contributed by atoms with van der Waals surface area (Å²) in [5.41, 5.74) is 4.68. The molecule has 1 heterocycles. The summed E-state index contributed by atoms with van der Waals surface area (Å²) in [4.78, 5) is 0. The molecule has 0 radical (unpaired) electrons. The monoisotopic (exact) mass is 225 g/mol. The van der Waals surface area contributed by atoms with Crippen molar-refractivity contribution in [2.24, 2.45) is 0 Å². The molecular weight excluding hydrogens is 210 g/mol. The highest BCUT2D eigenvalue weighted by Gasteiger charge is 2.13. The molecule has 0 spiro atoms. The van der Waals surface area contributed by atoms with E-state index in [4.69, 9.17) is 5.26 Å². The van der Waals surface area contributed by atoms with Gasteiger partial charge in [-0.15, -0.1) is 0 Å². The molecule has 0 N–H and O–H groups in total. The van der Waals surface area contributed by atoms with Gasteiger partial charge in [0, 0.05) is 0 Å². The Kier molecular flexibility index (Phi) is 2.97. The maximum absolute atomic E-state index is 9.08. The van der Waals surface area contributed by atoms with Gasteiger partial charge in [0.15, 0.2) is 0 Å². The molecule has 86 valence electrons. The number of benzene rings is 1. The summed E-state index contributed by atoms with van der Waals surface area (Å²) in [5, 5.41) is 13.5. The maximum Gasteiger partial charge on any atom is 0.103 e. The van der Waals surface area contributed by atoms with Gasteiger partial charge in [-0.3, -0.25) is 0 Å². The Morgan fingerprint density at radius 1 is 1.29 bits per heavy atom. The van der Waals surface area contributed by atoms with Crippen LogP contribution in [-0.4, -0.2) is 9.78 Å². The zero-order valence-corrected chi connectivity index (χ0v) is 10.4. The molecule has 2 aromatic rings. The molecule has 1 aromatic carbocycles. The van der Waals surface area contributed by atoms with E-state index >= 15 is 0 Å². The van der Waals surface area contributed by atoms with Gasteiger partial charge in [-0.25, -0.2) is 4.68 Å². The lowest BCUT2D eigenvalue weighted by Crippen LogP contribution is -2.02. The first-order valence-corrected chi connectivity index (χ1v) is 5.73. The van der Waals surface area contributed by atoms with Gasteiger partial charge in [-0.1, -0.05) is 25.1 Å². The topological polar surface area (TPSA) is 41.6 Å². The summed E-state index contributed by atoms with van der Waals surface area (Å²) in [6.07, 6.45) is 0.955. The minimum Gasteiger partial charge on any atom is -0.236 e. The lowest BCUT2D eigenvalue weighted by atomic mass is 10.1. The standard InChI is InChI=1S/C14H15N3/c1-4-12-7-5-6-8-14(12)17-11(3)13(9-15)10(2)16-17/h5-8H,4H2,1-3H3. The van der Waals surface area contributed by atoms with E-state index in [-0.39, 0.29) is 0 Å². The zero-order chi connectivity index (χ0) is 12.4. The highest BCUT2D eigenvalue weighted by Crippen LogP contribution is 2.20. The SMILES string of the molecule is CCc1ccccc1-n1nc(C)c(C#N)c1C. The second kappa shape index (κ2) is 4.42. The van der Waals surface area contributed by atoms with E-state index in [0.717, 1.165) is 23.5 Å². The third-order valence-electron chi connectivity index (χ3n) is 3.00. The lowest BCUT2D eigenvalue weighted by molar-refractivity contribution is 0.820. The van der Waals surface area contributed by atoms with Gasteiger partial charge in [0.25, 0.3) is 0 Å². The second-order valence-corrected chi connectivity index (χ2v) is 4.05. The first kappa shape index (κ1) is 11.4. The van der Waals surface area contributed by atoms with Crippen molar-refractivity contribution in [1.82, 2.24) is 9.78 Å². The van der Waals surface area contributed by atoms with Gasteiger partial charge < -0.3 is 0 Å². The number of hydrogen-bond donors (Lipinski definition) is 0. The van der Waals surface area contributed by atoms with E-state index < -0.39 is 0 Å². The summed E-state index contributed by atoms with van der Waals surface area (Å²) in [6.45, 7) is 5.93. The number of hydrogen-bond acceptors (Lipinski definition) is 2. The van der Waals surface area contributed by atoms with E-state index in [1.165, 1.54) is 5.56 Å². The Labute approximate surface area is 101 Å². The molecule has 0 saturated carbocycles. The summed E-state index contributed by atoms with van der Waals surface area (Å²) < 4.78 is 1.87. The van der Waals surface area contributed by atoms with Crippen LogP contribution in [0.25, 0.3) is 5.69 Å². The van der Waals surface area contributed by atoms with Crippen molar-refractivity contribution in [2.75, 3.05) is 0 Å². The van der Waals surface area contributed by atoms with Crippen molar-refractivity contribution in [2.45, 2.75) is 27.2 Å². The number of aromatic nitrogens is 2. The molecule has 1 aromatic heterocycles. The number of nitrogens with zero attached hydrogens (tertiary/aromatic N) is 3. The third-order valence-corrected chi connectivity index (χ3v) is 3.00. The van der Waals surface area contributed by atoms with Crippen molar-refractivity contribution in [1.29, 1.82) is 5.26 Å². The van der Waals surface area contributed by atoms with Crippen LogP contribution in [0.15, 0.2) is 24.3 Å². The molecule has 0 fully saturated rings. The van der Waals surface area contributed by atoms with E-state index in [1.54, 1.807) is 0 Å². The van der Waals surface area contributed by atoms with Crippen LogP contribution in [0.1, 0.15) is 29.4 Å². The molecule has 0 saturated heterocycles. The molecule has 0 unspecified atom stereocenters. The Morgan fingerprint density at radius 2 is 2.00 bits per heavy atom. The van der Waals surface area contributed by atoms with Crippen LogP contribution in [0, 0.1) is 25.2 Å². The molecular formula is C14H15N3. The molecule has 3 nitrogen and oxygen atoms in total. The van der Waals surface area contributed by atoms with E-state index in [1.807, 2.05) is 36.7 Å². The number of aryl methyl sites for hydroxylation is 2. The minimum atomic E-state index is 0.677. The van der Waals surface area contributed by atoms with Gasteiger partial charge in [0.05, 0.1) is 22.6 Å². The fourth-order valence-electron chi connectivity index (χ4n) is 2.06. The summed E-state index contributed by atoms with van der Waals surface area (Å²) in [7, 11) is 0. The van der Waals surface area contributed by atoms with Crippen molar-refractivity contribution in [3.63, 3.8) is 0 Å². The zero-order valence-electron chi connectivity index (χ0n) is 10.4. The molecule has 2 rings (SSSR count). The molecule has 0 aliphatic rings. The number of para-hydroxylation sites is 1. The quantitative estimate of drug-likeness (QED) is 0.788. The highest BCUT2D eigenvalue weighted by molar-refractivity contribution is 5.46. The molecule has 17 heavy (non-hydrogen) atoms. The van der Waals surface area contributed by atoms with E-state index in [2.05, 4.69) is 24.2 Å². The minimum absolute atomic E-state index is 0.677. The van der Waals surface area contributed by atoms with Gasteiger partial charge in [-0.2, -0.15) is 10.4 Å². The van der Waals surface area contributed by atoms with Crippen molar-refractivity contribution < 1.29 is 0 Å². The normalized spacial score (nSPS) is 10.2.